The van der Waals surface area contributed by atoms with Crippen LogP contribution < -0.4 is 5.32 Å². The van der Waals surface area contributed by atoms with Crippen LogP contribution in [0.15, 0.2) is 18.3 Å². The molecule has 3 unspecified atom stereocenters. The third-order valence-corrected chi connectivity index (χ3v) is 9.29. The largest absolute Gasteiger partial charge is 0.507 e. The van der Waals surface area contributed by atoms with Gasteiger partial charge in [0.25, 0.3) is 0 Å². The molecule has 0 aliphatic heterocycles. The summed E-state index contributed by atoms with van der Waals surface area (Å²) in [5.74, 6) is 1.50. The molecule has 7 heteroatoms. The van der Waals surface area contributed by atoms with Crippen LogP contribution in [0.4, 0.5) is 5.13 Å². The maximum atomic E-state index is 13.2. The van der Waals surface area contributed by atoms with Crippen LogP contribution >= 0.6 is 11.3 Å². The number of phenols is 1. The number of hydrogen-bond acceptors (Lipinski definition) is 6. The SMILES string of the molecule is Cc1cnc(NC(=O)CC[C@@H]2CC(=O)[C@@]3(C)CCC4c5ccc(O)c(C#N)c5CCC4C23)s1. The van der Waals surface area contributed by atoms with Crippen LogP contribution in [0.1, 0.15) is 72.9 Å². The second kappa shape index (κ2) is 8.25. The monoisotopic (exact) mass is 463 g/mol. The number of carbonyl (C=O) groups excluding carboxylic acids is 2. The van der Waals surface area contributed by atoms with E-state index in [-0.39, 0.29) is 28.9 Å². The number of anilines is 1. The van der Waals surface area contributed by atoms with Crippen LogP contribution in [-0.2, 0) is 16.0 Å². The number of Topliss-reactive ketones (excluding diaryl/α,β-unsaturated/α-hetero) is 1. The maximum absolute atomic E-state index is 13.2. The molecule has 1 heterocycles. The van der Waals surface area contributed by atoms with Gasteiger partial charge in [-0.3, -0.25) is 9.59 Å². The Hall–Kier alpha value is -2.72. The number of rotatable bonds is 4. The van der Waals surface area contributed by atoms with Crippen molar-refractivity contribution in [2.24, 2.45) is 23.2 Å². The number of amides is 1. The van der Waals surface area contributed by atoms with Crippen molar-refractivity contribution in [2.45, 2.75) is 64.7 Å². The summed E-state index contributed by atoms with van der Waals surface area (Å²) in [5, 5.41) is 23.2. The first-order valence-electron chi connectivity index (χ1n) is 11.8. The number of nitrogens with zero attached hydrogens (tertiary/aromatic N) is 2. The molecule has 2 aromatic rings. The minimum atomic E-state index is -0.318. The highest BCUT2D eigenvalue weighted by Crippen LogP contribution is 2.62. The zero-order chi connectivity index (χ0) is 23.3. The van der Waals surface area contributed by atoms with E-state index in [1.807, 2.05) is 13.0 Å². The topological polar surface area (TPSA) is 103 Å². The fraction of sp³-hybridized carbons (Fsp3) is 0.538. The van der Waals surface area contributed by atoms with Crippen LogP contribution in [0.5, 0.6) is 5.75 Å². The molecule has 1 aromatic heterocycles. The third-order valence-electron chi connectivity index (χ3n) is 8.46. The molecule has 2 fully saturated rings. The molecular formula is C26H29N3O3S. The number of phenolic OH excluding ortho intramolecular Hbond substituents is 1. The van der Waals surface area contributed by atoms with Crippen LogP contribution in [0, 0.1) is 41.4 Å². The van der Waals surface area contributed by atoms with Gasteiger partial charge in [-0.1, -0.05) is 13.0 Å². The lowest BCUT2D eigenvalue weighted by atomic mass is 9.53. The van der Waals surface area contributed by atoms with E-state index in [4.69, 9.17) is 0 Å². The van der Waals surface area contributed by atoms with Gasteiger partial charge in [-0.25, -0.2) is 4.98 Å². The van der Waals surface area contributed by atoms with E-state index < -0.39 is 0 Å². The van der Waals surface area contributed by atoms with E-state index >= 15 is 0 Å². The van der Waals surface area contributed by atoms with Crippen molar-refractivity contribution >= 4 is 28.2 Å². The molecule has 172 valence electrons. The molecule has 33 heavy (non-hydrogen) atoms. The summed E-state index contributed by atoms with van der Waals surface area (Å²) in [7, 11) is 0. The van der Waals surface area contributed by atoms with E-state index in [9.17, 15) is 20.0 Å². The minimum absolute atomic E-state index is 0.0408. The fourth-order valence-electron chi connectivity index (χ4n) is 7.02. The zero-order valence-electron chi connectivity index (χ0n) is 19.1. The number of hydrogen-bond donors (Lipinski definition) is 2. The summed E-state index contributed by atoms with van der Waals surface area (Å²) in [6.07, 6.45) is 6.86. The van der Waals surface area contributed by atoms with Crippen molar-refractivity contribution in [3.63, 3.8) is 0 Å². The van der Waals surface area contributed by atoms with Gasteiger partial charge in [0.1, 0.15) is 17.6 Å². The quantitative estimate of drug-likeness (QED) is 0.657. The first-order chi connectivity index (χ1) is 15.8. The highest BCUT2D eigenvalue weighted by atomic mass is 32.1. The Kier molecular flexibility index (Phi) is 5.52. The average Bonchev–Trinajstić information content (AvgIpc) is 3.31. The first kappa shape index (κ1) is 22.1. The van der Waals surface area contributed by atoms with Crippen molar-refractivity contribution < 1.29 is 14.7 Å². The molecule has 0 radical (unpaired) electrons. The van der Waals surface area contributed by atoms with Gasteiger partial charge in [0.05, 0.1) is 5.56 Å². The van der Waals surface area contributed by atoms with Crippen molar-refractivity contribution in [1.82, 2.24) is 4.98 Å². The van der Waals surface area contributed by atoms with Crippen LogP contribution in [0.3, 0.4) is 0 Å². The fourth-order valence-corrected chi connectivity index (χ4v) is 7.70. The predicted octanol–water partition coefficient (Wildman–Crippen LogP) is 5.10. The van der Waals surface area contributed by atoms with Crippen molar-refractivity contribution in [3.05, 3.63) is 39.9 Å². The lowest BCUT2D eigenvalue weighted by Gasteiger charge is -2.50. The summed E-state index contributed by atoms with van der Waals surface area (Å²) in [4.78, 5) is 31.0. The van der Waals surface area contributed by atoms with Gasteiger partial charge >= 0.3 is 0 Å². The number of nitriles is 1. The van der Waals surface area contributed by atoms with Gasteiger partial charge in [0.2, 0.25) is 5.91 Å². The Morgan fingerprint density at radius 3 is 2.94 bits per heavy atom. The molecule has 0 saturated heterocycles. The highest BCUT2D eigenvalue weighted by Gasteiger charge is 2.58. The lowest BCUT2D eigenvalue weighted by Crippen LogP contribution is -2.44. The Balaban J connectivity index is 1.36. The van der Waals surface area contributed by atoms with Gasteiger partial charge in [-0.2, -0.15) is 5.26 Å². The maximum Gasteiger partial charge on any atom is 0.226 e. The Bertz CT molecular complexity index is 1170. The number of aryl methyl sites for hydroxylation is 1. The summed E-state index contributed by atoms with van der Waals surface area (Å²) < 4.78 is 0. The third kappa shape index (κ3) is 3.65. The zero-order valence-corrected chi connectivity index (χ0v) is 19.9. The van der Waals surface area contributed by atoms with E-state index in [2.05, 4.69) is 23.3 Å². The Labute approximate surface area is 198 Å². The Morgan fingerprint density at radius 1 is 1.39 bits per heavy atom. The number of aromatic nitrogens is 1. The van der Waals surface area contributed by atoms with Crippen LogP contribution in [0.2, 0.25) is 0 Å². The van der Waals surface area contributed by atoms with Gasteiger partial charge in [-0.15, -0.1) is 11.3 Å². The van der Waals surface area contributed by atoms with Crippen molar-refractivity contribution in [2.75, 3.05) is 5.32 Å². The molecule has 2 N–H and O–H groups in total. The second-order valence-corrected chi connectivity index (χ2v) is 11.4. The van der Waals surface area contributed by atoms with Crippen LogP contribution in [-0.4, -0.2) is 21.8 Å². The van der Waals surface area contributed by atoms with E-state index in [0.717, 1.165) is 36.1 Å². The number of fused-ring (bicyclic) bond motifs is 5. The van der Waals surface area contributed by atoms with E-state index in [1.54, 1.807) is 12.3 Å². The summed E-state index contributed by atoms with van der Waals surface area (Å²) in [5.41, 5.74) is 2.26. The molecule has 1 aromatic carbocycles. The summed E-state index contributed by atoms with van der Waals surface area (Å²) in [6, 6.07) is 5.82. The molecule has 1 amide bonds. The number of nitrogens with one attached hydrogen (secondary N) is 1. The number of thiazole rings is 1. The van der Waals surface area contributed by atoms with Crippen molar-refractivity contribution in [3.8, 4) is 11.8 Å². The van der Waals surface area contributed by atoms with Crippen molar-refractivity contribution in [1.29, 1.82) is 5.26 Å². The number of benzene rings is 1. The molecule has 5 rings (SSSR count). The average molecular weight is 464 g/mol. The summed E-state index contributed by atoms with van der Waals surface area (Å²) >= 11 is 1.47. The van der Waals surface area contributed by atoms with Crippen LogP contribution in [0.25, 0.3) is 0 Å². The Morgan fingerprint density at radius 2 is 2.21 bits per heavy atom. The lowest BCUT2D eigenvalue weighted by molar-refractivity contribution is -0.129. The summed E-state index contributed by atoms with van der Waals surface area (Å²) in [6.45, 7) is 4.10. The van der Waals surface area contributed by atoms with Gasteiger partial charge in [0, 0.05) is 29.3 Å². The molecule has 2 saturated carbocycles. The van der Waals surface area contributed by atoms with Gasteiger partial charge in [-0.05, 0) is 79.9 Å². The molecule has 5 atom stereocenters. The predicted molar refractivity (Wildman–Crippen MR) is 126 cm³/mol. The normalized spacial score (nSPS) is 30.2. The van der Waals surface area contributed by atoms with E-state index in [1.165, 1.54) is 16.9 Å². The molecule has 6 nitrogen and oxygen atoms in total. The second-order valence-electron chi connectivity index (χ2n) is 10.2. The first-order valence-corrected chi connectivity index (χ1v) is 12.6. The molecule has 0 spiro atoms. The number of carbonyl (C=O) groups is 2. The molecule has 0 bridgehead atoms. The highest BCUT2D eigenvalue weighted by molar-refractivity contribution is 7.15. The van der Waals surface area contributed by atoms with E-state index in [0.29, 0.717) is 47.6 Å². The number of aromatic hydroxyl groups is 1. The van der Waals surface area contributed by atoms with Gasteiger partial charge in [0.15, 0.2) is 5.13 Å². The number of ketones is 1. The minimum Gasteiger partial charge on any atom is -0.507 e. The smallest absolute Gasteiger partial charge is 0.226 e. The molecule has 3 aliphatic carbocycles. The molecular weight excluding hydrogens is 434 g/mol. The standard InChI is InChI=1S/C26H29N3O3S/c1-14-13-28-25(33-14)29-23(32)8-3-15-11-22(31)26(2)10-9-18-16-6-7-21(30)20(12-27)17(16)4-5-19(18)24(15)26/h6-7,13,15,18-19,24,30H,3-5,8-11H2,1-2H3,(H,28,29,32)/t15-,18?,19?,24?,26-/m1/s1. The molecule has 3 aliphatic rings. The van der Waals surface area contributed by atoms with Gasteiger partial charge < -0.3 is 10.4 Å².